The third-order valence-electron chi connectivity index (χ3n) is 9.43. The standard InChI is InChI=1S/C32H50N7O21P3/c1-17(41)26(37-29(45)25-5-2-10-38(25)31(47)21(33)14-58-61(49,50)51)30(46)36-23(16-60-63(55,56)57)32(48)39-11-3-4-24(39)28(44)35-22(15-59-62(52,53)54)27(43)34-19(13-40)12-18-6-8-20(42)9-7-18/h6-9,13,17,19,21-26,41-42H,2-5,10-12,14-16,33H2,1H3,(H,34,43)(H,35,44)(H,36,46)(H,37,45)(H2,49,50,51)(H2,52,53,54)(H2,55,56,57)/t17-,19+,21+,22+,23+,24+,25+,26+/m1/s1. The summed E-state index contributed by atoms with van der Waals surface area (Å²) in [6.07, 6.45) is -1.29. The number of benzene rings is 1. The first-order valence-electron chi connectivity index (χ1n) is 18.8. The normalized spacial score (nSPS) is 19.8. The van der Waals surface area contributed by atoms with E-state index in [-0.39, 0.29) is 50.9 Å². The van der Waals surface area contributed by atoms with Crippen LogP contribution in [0.3, 0.4) is 0 Å². The van der Waals surface area contributed by atoms with Crippen molar-refractivity contribution in [1.29, 1.82) is 0 Å². The van der Waals surface area contributed by atoms with Crippen LogP contribution in [0.4, 0.5) is 0 Å². The quantitative estimate of drug-likeness (QED) is 0.0361. The van der Waals surface area contributed by atoms with Crippen molar-refractivity contribution >= 4 is 65.2 Å². The number of carbonyl (C=O) groups is 7. The Morgan fingerprint density at radius 1 is 0.730 bits per heavy atom. The first-order valence-corrected chi connectivity index (χ1v) is 23.4. The van der Waals surface area contributed by atoms with Gasteiger partial charge in [0.1, 0.15) is 48.3 Å². The van der Waals surface area contributed by atoms with E-state index >= 15 is 0 Å². The molecule has 1 aromatic rings. The zero-order chi connectivity index (χ0) is 47.4. The maximum absolute atomic E-state index is 14.0. The molecule has 63 heavy (non-hydrogen) atoms. The van der Waals surface area contributed by atoms with Crippen molar-refractivity contribution in [3.63, 3.8) is 0 Å². The fourth-order valence-corrected chi connectivity index (χ4v) is 7.50. The van der Waals surface area contributed by atoms with Gasteiger partial charge in [0.15, 0.2) is 0 Å². The van der Waals surface area contributed by atoms with Gasteiger partial charge in [0.05, 0.1) is 32.0 Å². The minimum atomic E-state index is -5.36. The van der Waals surface area contributed by atoms with Crippen LogP contribution in [0.2, 0.25) is 0 Å². The van der Waals surface area contributed by atoms with Crippen molar-refractivity contribution in [1.82, 2.24) is 31.1 Å². The van der Waals surface area contributed by atoms with Crippen molar-refractivity contribution < 1.29 is 100 Å². The number of phenolic OH excluding ortho intramolecular Hbond substituents is 1. The third kappa shape index (κ3) is 17.3. The number of rotatable bonds is 23. The van der Waals surface area contributed by atoms with E-state index in [9.17, 15) is 77.0 Å². The molecule has 2 saturated heterocycles. The number of nitrogens with two attached hydrogens (primary N) is 1. The molecule has 8 atom stereocenters. The smallest absolute Gasteiger partial charge is 0.469 e. The Labute approximate surface area is 357 Å². The second-order valence-electron chi connectivity index (χ2n) is 14.3. The van der Waals surface area contributed by atoms with Crippen molar-refractivity contribution in [3.05, 3.63) is 29.8 Å². The fraction of sp³-hybridized carbons (Fsp3) is 0.594. The van der Waals surface area contributed by atoms with Crippen molar-refractivity contribution in [2.45, 2.75) is 87.4 Å². The second-order valence-corrected chi connectivity index (χ2v) is 18.0. The fourth-order valence-electron chi connectivity index (χ4n) is 6.46. The van der Waals surface area contributed by atoms with E-state index in [0.29, 0.717) is 11.8 Å². The van der Waals surface area contributed by atoms with Gasteiger partial charge in [-0.1, -0.05) is 12.1 Å². The van der Waals surface area contributed by atoms with E-state index in [0.717, 1.165) is 16.7 Å². The number of hydrogen-bond donors (Lipinski definition) is 13. The van der Waals surface area contributed by atoms with E-state index in [1.165, 1.54) is 24.3 Å². The van der Waals surface area contributed by atoms with E-state index in [2.05, 4.69) is 34.8 Å². The van der Waals surface area contributed by atoms with Gasteiger partial charge in [-0.3, -0.25) is 42.3 Å². The molecule has 2 aliphatic heterocycles. The predicted molar refractivity (Wildman–Crippen MR) is 209 cm³/mol. The van der Waals surface area contributed by atoms with Crippen LogP contribution in [0.1, 0.15) is 38.2 Å². The van der Waals surface area contributed by atoms with E-state index in [1.807, 2.05) is 0 Å². The van der Waals surface area contributed by atoms with Gasteiger partial charge >= 0.3 is 23.5 Å². The molecule has 0 spiro atoms. The lowest BCUT2D eigenvalue weighted by Gasteiger charge is -2.31. The molecular weight excluding hydrogens is 911 g/mol. The first-order chi connectivity index (χ1) is 29.2. The Hall–Kier alpha value is -4.24. The van der Waals surface area contributed by atoms with Crippen molar-refractivity contribution in [3.8, 4) is 5.75 Å². The minimum Gasteiger partial charge on any atom is -0.508 e. The van der Waals surface area contributed by atoms with Gasteiger partial charge in [-0.05, 0) is 56.7 Å². The number of aliphatic hydroxyl groups excluding tert-OH is 1. The number of likely N-dealkylation sites (tertiary alicyclic amines) is 2. The third-order valence-corrected chi connectivity index (χ3v) is 10.9. The van der Waals surface area contributed by atoms with Crippen molar-refractivity contribution in [2.24, 2.45) is 5.73 Å². The summed E-state index contributed by atoms with van der Waals surface area (Å²) in [6, 6.07) is -6.01. The topological polar surface area (TPSA) is 441 Å². The summed E-state index contributed by atoms with van der Waals surface area (Å²) < 4.78 is 47.4. The highest BCUT2D eigenvalue weighted by Crippen LogP contribution is 2.37. The van der Waals surface area contributed by atoms with Crippen LogP contribution >= 0.6 is 23.5 Å². The van der Waals surface area contributed by atoms with Gasteiger partial charge in [-0.25, -0.2) is 13.7 Å². The Morgan fingerprint density at radius 2 is 1.21 bits per heavy atom. The number of aromatic hydroxyl groups is 1. The first kappa shape index (κ1) is 53.1. The molecule has 2 heterocycles. The number of nitrogens with zero attached hydrogens (tertiary/aromatic N) is 2. The number of aliphatic hydroxyl groups is 1. The number of aldehydes is 1. The molecular formula is C32H50N7O21P3. The molecule has 31 heteroatoms. The predicted octanol–water partition coefficient (Wildman–Crippen LogP) is -4.91. The Morgan fingerprint density at radius 3 is 1.70 bits per heavy atom. The molecule has 1 aromatic carbocycles. The molecule has 0 aliphatic carbocycles. The van der Waals surface area contributed by atoms with Crippen LogP contribution < -0.4 is 27.0 Å². The van der Waals surface area contributed by atoms with Gasteiger partial charge in [0.25, 0.3) is 0 Å². The monoisotopic (exact) mass is 961 g/mol. The number of hydrogen-bond acceptors (Lipinski definition) is 16. The average Bonchev–Trinajstić information content (AvgIpc) is 3.89. The molecule has 6 amide bonds. The highest BCUT2D eigenvalue weighted by Gasteiger charge is 2.43. The lowest BCUT2D eigenvalue weighted by molar-refractivity contribution is -0.144. The summed E-state index contributed by atoms with van der Waals surface area (Å²) in [7, 11) is -15.6. The van der Waals surface area contributed by atoms with Gasteiger partial charge in [0.2, 0.25) is 35.4 Å². The summed E-state index contributed by atoms with van der Waals surface area (Å²) in [6.45, 7) is -2.53. The lowest BCUT2D eigenvalue weighted by Crippen LogP contribution is -2.62. The molecule has 0 saturated carbocycles. The summed E-state index contributed by atoms with van der Waals surface area (Å²) in [5.74, 6) is -6.84. The number of carbonyl (C=O) groups excluding carboxylic acids is 7. The maximum Gasteiger partial charge on any atom is 0.469 e. The SMILES string of the molecule is C[C@@H](O)[C@H](NC(=O)[C@@H]1CCCN1C(=O)[C@@H](N)COP(=O)(O)O)C(=O)N[C@@H](COP(=O)(O)O)C(=O)N1CCC[C@H]1C(=O)N[C@@H](COP(=O)(O)O)C(=O)N[C@H](C=O)Cc1ccc(O)cc1. The molecule has 2 aliphatic rings. The summed E-state index contributed by atoms with van der Waals surface area (Å²) in [5.41, 5.74) is 6.19. The van der Waals surface area contributed by atoms with Crippen LogP contribution in [-0.4, -0.2) is 172 Å². The highest BCUT2D eigenvalue weighted by atomic mass is 31.2. The lowest BCUT2D eigenvalue weighted by atomic mass is 10.1. The van der Waals surface area contributed by atoms with Gasteiger partial charge in [0, 0.05) is 13.1 Å². The van der Waals surface area contributed by atoms with Crippen LogP contribution in [0.15, 0.2) is 24.3 Å². The second kappa shape index (κ2) is 23.1. The Bertz CT molecular complexity index is 1960. The number of amides is 6. The maximum atomic E-state index is 14.0. The van der Waals surface area contributed by atoms with Gasteiger partial charge < -0.3 is 81.2 Å². The van der Waals surface area contributed by atoms with Crippen LogP contribution in [-0.2, 0) is 67.2 Å². The molecule has 0 radical (unpaired) electrons. The molecule has 0 aromatic heterocycles. The Balaban J connectivity index is 1.79. The molecule has 3 rings (SSSR count). The van der Waals surface area contributed by atoms with Crippen molar-refractivity contribution in [2.75, 3.05) is 32.9 Å². The average molecular weight is 962 g/mol. The molecule has 14 N–H and O–H groups in total. The van der Waals surface area contributed by atoms with Crippen LogP contribution in [0, 0.1) is 0 Å². The molecule has 28 nitrogen and oxygen atoms in total. The molecule has 354 valence electrons. The number of phosphoric acid groups is 3. The molecule has 0 unspecified atom stereocenters. The van der Waals surface area contributed by atoms with E-state index in [4.69, 9.17) is 15.5 Å². The van der Waals surface area contributed by atoms with Crippen LogP contribution in [0.25, 0.3) is 0 Å². The van der Waals surface area contributed by atoms with Gasteiger partial charge in [-0.15, -0.1) is 0 Å². The molecule has 2 fully saturated rings. The zero-order valence-electron chi connectivity index (χ0n) is 33.3. The largest absolute Gasteiger partial charge is 0.508 e. The summed E-state index contributed by atoms with van der Waals surface area (Å²) in [5, 5.41) is 28.9. The zero-order valence-corrected chi connectivity index (χ0v) is 36.0. The van der Waals surface area contributed by atoms with E-state index < -0.39 is 127 Å². The number of phosphoric ester groups is 3. The van der Waals surface area contributed by atoms with Gasteiger partial charge in [-0.2, -0.15) is 0 Å². The summed E-state index contributed by atoms with van der Waals surface area (Å²) in [4.78, 5) is 150. The number of nitrogens with one attached hydrogen (secondary N) is 4. The van der Waals surface area contributed by atoms with Crippen LogP contribution in [0.5, 0.6) is 5.75 Å². The summed E-state index contributed by atoms with van der Waals surface area (Å²) >= 11 is 0. The molecule has 0 bridgehead atoms. The highest BCUT2D eigenvalue weighted by molar-refractivity contribution is 7.46. The Kier molecular flexibility index (Phi) is 19.5. The minimum absolute atomic E-state index is 0.0128. The van der Waals surface area contributed by atoms with E-state index in [1.54, 1.807) is 0 Å². The number of phenols is 1.